The van der Waals surface area contributed by atoms with Crippen molar-refractivity contribution in [3.8, 4) is 0 Å². The van der Waals surface area contributed by atoms with E-state index in [2.05, 4.69) is 52.1 Å². The first kappa shape index (κ1) is 18.3. The van der Waals surface area contributed by atoms with Crippen molar-refractivity contribution < 1.29 is 4.79 Å². The first-order valence-electron chi connectivity index (χ1n) is 9.04. The van der Waals surface area contributed by atoms with Gasteiger partial charge in [0.15, 0.2) is 5.96 Å². The molecule has 1 aromatic carbocycles. The third-order valence-corrected chi connectivity index (χ3v) is 4.27. The Bertz CT molecular complexity index is 533. The molecule has 0 aromatic heterocycles. The Balaban J connectivity index is 1.79. The van der Waals surface area contributed by atoms with Gasteiger partial charge in [-0.05, 0) is 32.3 Å². The Kier molecular flexibility index (Phi) is 7.59. The number of aliphatic imine (C=N–C) groups is 1. The van der Waals surface area contributed by atoms with Crippen molar-refractivity contribution in [2.24, 2.45) is 4.99 Å². The SMILES string of the molecule is CCNC(=NCc1ccc(C)cc1)NCC(=O)NC1CCCCC1. The van der Waals surface area contributed by atoms with Gasteiger partial charge in [0, 0.05) is 12.6 Å². The molecular weight excluding hydrogens is 300 g/mol. The van der Waals surface area contributed by atoms with Gasteiger partial charge in [-0.25, -0.2) is 4.99 Å². The van der Waals surface area contributed by atoms with Crippen LogP contribution in [0.4, 0.5) is 0 Å². The zero-order chi connectivity index (χ0) is 17.2. The summed E-state index contributed by atoms with van der Waals surface area (Å²) in [6.07, 6.45) is 5.94. The van der Waals surface area contributed by atoms with E-state index in [9.17, 15) is 4.79 Å². The van der Waals surface area contributed by atoms with Crippen LogP contribution < -0.4 is 16.0 Å². The zero-order valence-electron chi connectivity index (χ0n) is 14.9. The van der Waals surface area contributed by atoms with Gasteiger partial charge in [-0.2, -0.15) is 0 Å². The molecule has 0 heterocycles. The fourth-order valence-corrected chi connectivity index (χ4v) is 2.90. The van der Waals surface area contributed by atoms with E-state index in [1.165, 1.54) is 24.8 Å². The molecule has 1 amide bonds. The van der Waals surface area contributed by atoms with Gasteiger partial charge in [-0.15, -0.1) is 0 Å². The Morgan fingerprint density at radius 2 is 1.83 bits per heavy atom. The van der Waals surface area contributed by atoms with Gasteiger partial charge in [-0.3, -0.25) is 4.79 Å². The third kappa shape index (κ3) is 6.60. The van der Waals surface area contributed by atoms with Gasteiger partial charge in [0.25, 0.3) is 0 Å². The standard InChI is InChI=1S/C19H30N4O/c1-3-20-19(21-13-16-11-9-15(2)10-12-16)22-14-18(24)23-17-7-5-4-6-8-17/h9-12,17H,3-8,13-14H2,1-2H3,(H,23,24)(H2,20,21,22). The summed E-state index contributed by atoms with van der Waals surface area (Å²) < 4.78 is 0. The lowest BCUT2D eigenvalue weighted by molar-refractivity contribution is -0.120. The summed E-state index contributed by atoms with van der Waals surface area (Å²) in [5.74, 6) is 0.722. The van der Waals surface area contributed by atoms with Crippen molar-refractivity contribution in [3.63, 3.8) is 0 Å². The first-order valence-corrected chi connectivity index (χ1v) is 9.04. The first-order chi connectivity index (χ1) is 11.7. The predicted molar refractivity (Wildman–Crippen MR) is 99.0 cm³/mol. The molecule has 0 radical (unpaired) electrons. The Hall–Kier alpha value is -2.04. The number of nitrogens with one attached hydrogen (secondary N) is 3. The van der Waals surface area contributed by atoms with E-state index >= 15 is 0 Å². The monoisotopic (exact) mass is 330 g/mol. The molecule has 0 saturated heterocycles. The zero-order valence-corrected chi connectivity index (χ0v) is 14.9. The Morgan fingerprint density at radius 1 is 1.12 bits per heavy atom. The minimum atomic E-state index is 0.0443. The van der Waals surface area contributed by atoms with E-state index in [0.717, 1.165) is 24.9 Å². The van der Waals surface area contributed by atoms with Crippen LogP contribution in [0.1, 0.15) is 50.2 Å². The molecule has 5 heteroatoms. The van der Waals surface area contributed by atoms with Gasteiger partial charge < -0.3 is 16.0 Å². The maximum absolute atomic E-state index is 12.1. The van der Waals surface area contributed by atoms with Crippen molar-refractivity contribution >= 4 is 11.9 Å². The second-order valence-electron chi connectivity index (χ2n) is 6.44. The summed E-state index contributed by atoms with van der Waals surface area (Å²) in [5.41, 5.74) is 2.40. The number of guanidine groups is 1. The number of hydrogen-bond donors (Lipinski definition) is 3. The molecule has 1 aliphatic carbocycles. The van der Waals surface area contributed by atoms with E-state index in [1.807, 2.05) is 6.92 Å². The van der Waals surface area contributed by atoms with Gasteiger partial charge in [0.1, 0.15) is 0 Å². The summed E-state index contributed by atoms with van der Waals surface area (Å²) in [4.78, 5) is 16.6. The quantitative estimate of drug-likeness (QED) is 0.555. The predicted octanol–water partition coefficient (Wildman–Crippen LogP) is 2.50. The minimum absolute atomic E-state index is 0.0443. The average Bonchev–Trinajstić information content (AvgIpc) is 2.59. The molecule has 132 valence electrons. The molecule has 5 nitrogen and oxygen atoms in total. The minimum Gasteiger partial charge on any atom is -0.357 e. The maximum atomic E-state index is 12.1. The van der Waals surface area contributed by atoms with Gasteiger partial charge in [0.2, 0.25) is 5.91 Å². The van der Waals surface area contributed by atoms with E-state index in [0.29, 0.717) is 18.5 Å². The summed E-state index contributed by atoms with van der Waals surface area (Å²) in [6, 6.07) is 8.68. The molecule has 0 bridgehead atoms. The molecule has 1 aromatic rings. The molecule has 0 unspecified atom stereocenters. The summed E-state index contributed by atoms with van der Waals surface area (Å²) >= 11 is 0. The molecule has 1 saturated carbocycles. The summed E-state index contributed by atoms with van der Waals surface area (Å²) in [6.45, 7) is 5.72. The van der Waals surface area contributed by atoms with Crippen molar-refractivity contribution in [1.29, 1.82) is 0 Å². The molecule has 0 aliphatic heterocycles. The molecule has 2 rings (SSSR count). The highest BCUT2D eigenvalue weighted by Gasteiger charge is 2.15. The lowest BCUT2D eigenvalue weighted by atomic mass is 9.95. The summed E-state index contributed by atoms with van der Waals surface area (Å²) in [7, 11) is 0. The highest BCUT2D eigenvalue weighted by Crippen LogP contribution is 2.17. The molecule has 1 aliphatic rings. The molecule has 1 fully saturated rings. The number of rotatable bonds is 6. The maximum Gasteiger partial charge on any atom is 0.239 e. The number of benzene rings is 1. The molecular formula is C19H30N4O. The number of aryl methyl sites for hydroxylation is 1. The molecule has 3 N–H and O–H groups in total. The van der Waals surface area contributed by atoms with E-state index in [4.69, 9.17) is 0 Å². The van der Waals surface area contributed by atoms with Crippen LogP contribution in [0.25, 0.3) is 0 Å². The fraction of sp³-hybridized carbons (Fsp3) is 0.579. The van der Waals surface area contributed by atoms with Crippen LogP contribution in [0.5, 0.6) is 0 Å². The normalized spacial score (nSPS) is 15.8. The van der Waals surface area contributed by atoms with E-state index in [-0.39, 0.29) is 12.5 Å². The smallest absolute Gasteiger partial charge is 0.239 e. The second kappa shape index (κ2) is 9.96. The largest absolute Gasteiger partial charge is 0.357 e. The highest BCUT2D eigenvalue weighted by molar-refractivity contribution is 5.86. The van der Waals surface area contributed by atoms with Crippen LogP contribution in [0.2, 0.25) is 0 Å². The van der Waals surface area contributed by atoms with Crippen molar-refractivity contribution in [2.75, 3.05) is 13.1 Å². The van der Waals surface area contributed by atoms with Crippen LogP contribution in [-0.4, -0.2) is 31.0 Å². The number of amides is 1. The van der Waals surface area contributed by atoms with Crippen molar-refractivity contribution in [1.82, 2.24) is 16.0 Å². The van der Waals surface area contributed by atoms with E-state index in [1.54, 1.807) is 0 Å². The average molecular weight is 330 g/mol. The molecule has 0 spiro atoms. The van der Waals surface area contributed by atoms with Gasteiger partial charge in [0.05, 0.1) is 13.1 Å². The van der Waals surface area contributed by atoms with Crippen LogP contribution >= 0.6 is 0 Å². The van der Waals surface area contributed by atoms with Crippen LogP contribution in [0.3, 0.4) is 0 Å². The number of carbonyl (C=O) groups excluding carboxylic acids is 1. The topological polar surface area (TPSA) is 65.5 Å². The molecule has 0 atom stereocenters. The molecule has 24 heavy (non-hydrogen) atoms. The third-order valence-electron chi connectivity index (χ3n) is 4.27. The van der Waals surface area contributed by atoms with Crippen LogP contribution in [-0.2, 0) is 11.3 Å². The highest BCUT2D eigenvalue weighted by atomic mass is 16.2. The fourth-order valence-electron chi connectivity index (χ4n) is 2.90. The van der Waals surface area contributed by atoms with Gasteiger partial charge in [-0.1, -0.05) is 49.1 Å². The second-order valence-corrected chi connectivity index (χ2v) is 6.44. The number of hydrogen-bond acceptors (Lipinski definition) is 2. The van der Waals surface area contributed by atoms with E-state index < -0.39 is 0 Å². The van der Waals surface area contributed by atoms with Crippen LogP contribution in [0.15, 0.2) is 29.3 Å². The van der Waals surface area contributed by atoms with Crippen molar-refractivity contribution in [3.05, 3.63) is 35.4 Å². The van der Waals surface area contributed by atoms with Gasteiger partial charge >= 0.3 is 0 Å². The van der Waals surface area contributed by atoms with Crippen molar-refractivity contribution in [2.45, 2.75) is 58.5 Å². The summed E-state index contributed by atoms with van der Waals surface area (Å²) in [5, 5.41) is 9.41. The Labute approximate surface area is 145 Å². The lowest BCUT2D eigenvalue weighted by Gasteiger charge is -2.23. The number of nitrogens with zero attached hydrogens (tertiary/aromatic N) is 1. The number of carbonyl (C=O) groups is 1. The Morgan fingerprint density at radius 3 is 2.50 bits per heavy atom. The lowest BCUT2D eigenvalue weighted by Crippen LogP contribution is -2.46. The van der Waals surface area contributed by atoms with Crippen LogP contribution in [0, 0.1) is 6.92 Å².